The average Bonchev–Trinajstić information content (AvgIpc) is 2.71. The van der Waals surface area contributed by atoms with Gasteiger partial charge in [0.15, 0.2) is 0 Å². The minimum atomic E-state index is -0.634. The summed E-state index contributed by atoms with van der Waals surface area (Å²) in [5.41, 5.74) is 0.981. The summed E-state index contributed by atoms with van der Waals surface area (Å²) in [6.45, 7) is 5.99. The normalized spacial score (nSPS) is 13.0. The maximum Gasteiger partial charge on any atom is 0.243 e. The number of benzene rings is 1. The number of nitrogens with one attached hydrogen (secondary N) is 2. The first-order chi connectivity index (χ1) is 14.0. The SMILES string of the molecule is CCCCCCCCCC(=O)N[C@H](C(=O)N[C@H](C=O)Cc1ccccc1)C(C)C. The molecule has 1 rings (SSSR count). The summed E-state index contributed by atoms with van der Waals surface area (Å²) in [6, 6.07) is 8.32. The van der Waals surface area contributed by atoms with Crippen LogP contribution in [0, 0.1) is 5.92 Å². The smallest absolute Gasteiger partial charge is 0.243 e. The molecule has 2 amide bonds. The van der Waals surface area contributed by atoms with Crippen molar-refractivity contribution < 1.29 is 14.4 Å². The van der Waals surface area contributed by atoms with Crippen molar-refractivity contribution in [2.24, 2.45) is 5.92 Å². The molecule has 5 heteroatoms. The highest BCUT2D eigenvalue weighted by Gasteiger charge is 2.26. The van der Waals surface area contributed by atoms with Gasteiger partial charge in [0.05, 0.1) is 6.04 Å². The van der Waals surface area contributed by atoms with Crippen LogP contribution in [0.25, 0.3) is 0 Å². The first kappa shape index (κ1) is 24.9. The third-order valence-corrected chi connectivity index (χ3v) is 5.06. The van der Waals surface area contributed by atoms with Crippen molar-refractivity contribution in [2.45, 2.75) is 90.6 Å². The Morgan fingerprint density at radius 1 is 0.931 bits per heavy atom. The molecule has 1 aromatic rings. The van der Waals surface area contributed by atoms with Crippen molar-refractivity contribution in [3.8, 4) is 0 Å². The molecule has 29 heavy (non-hydrogen) atoms. The Labute approximate surface area is 176 Å². The van der Waals surface area contributed by atoms with Gasteiger partial charge in [0.2, 0.25) is 11.8 Å². The van der Waals surface area contributed by atoms with Gasteiger partial charge in [-0.1, -0.05) is 89.6 Å². The molecule has 1 aromatic carbocycles. The summed E-state index contributed by atoms with van der Waals surface area (Å²) in [4.78, 5) is 36.4. The van der Waals surface area contributed by atoms with Gasteiger partial charge in [-0.05, 0) is 24.3 Å². The van der Waals surface area contributed by atoms with Crippen molar-refractivity contribution in [3.05, 3.63) is 35.9 Å². The molecule has 0 spiro atoms. The van der Waals surface area contributed by atoms with Crippen LogP contribution >= 0.6 is 0 Å². The van der Waals surface area contributed by atoms with E-state index >= 15 is 0 Å². The van der Waals surface area contributed by atoms with E-state index in [2.05, 4.69) is 17.6 Å². The number of hydrogen-bond acceptors (Lipinski definition) is 3. The van der Waals surface area contributed by atoms with Gasteiger partial charge >= 0.3 is 0 Å². The summed E-state index contributed by atoms with van der Waals surface area (Å²) < 4.78 is 0. The van der Waals surface area contributed by atoms with Gasteiger partial charge in [0, 0.05) is 6.42 Å². The molecule has 0 bridgehead atoms. The fourth-order valence-electron chi connectivity index (χ4n) is 3.30. The number of carbonyl (C=O) groups excluding carboxylic acids is 3. The Balaban J connectivity index is 2.44. The molecule has 0 fully saturated rings. The van der Waals surface area contributed by atoms with E-state index in [4.69, 9.17) is 0 Å². The average molecular weight is 403 g/mol. The van der Waals surface area contributed by atoms with Gasteiger partial charge in [0.1, 0.15) is 12.3 Å². The zero-order valence-corrected chi connectivity index (χ0v) is 18.3. The van der Waals surface area contributed by atoms with Gasteiger partial charge in [-0.3, -0.25) is 9.59 Å². The van der Waals surface area contributed by atoms with Crippen molar-refractivity contribution in [3.63, 3.8) is 0 Å². The third kappa shape index (κ3) is 10.8. The maximum atomic E-state index is 12.7. The Hall–Kier alpha value is -2.17. The Morgan fingerprint density at radius 2 is 1.55 bits per heavy atom. The Bertz CT molecular complexity index is 601. The second-order valence-electron chi connectivity index (χ2n) is 8.10. The van der Waals surface area contributed by atoms with Gasteiger partial charge in [-0.15, -0.1) is 0 Å². The van der Waals surface area contributed by atoms with Crippen molar-refractivity contribution in [1.82, 2.24) is 10.6 Å². The zero-order chi connectivity index (χ0) is 21.5. The minimum absolute atomic E-state index is 0.0583. The van der Waals surface area contributed by atoms with Crippen LogP contribution in [0.4, 0.5) is 0 Å². The Morgan fingerprint density at radius 3 is 2.14 bits per heavy atom. The number of hydrogen-bond donors (Lipinski definition) is 2. The molecule has 0 radical (unpaired) electrons. The number of carbonyl (C=O) groups is 3. The largest absolute Gasteiger partial charge is 0.344 e. The van der Waals surface area contributed by atoms with Crippen molar-refractivity contribution in [1.29, 1.82) is 0 Å². The minimum Gasteiger partial charge on any atom is -0.344 e. The van der Waals surface area contributed by atoms with E-state index in [0.29, 0.717) is 12.8 Å². The first-order valence-corrected chi connectivity index (χ1v) is 11.1. The topological polar surface area (TPSA) is 75.3 Å². The summed E-state index contributed by atoms with van der Waals surface area (Å²) in [5, 5.41) is 5.63. The molecule has 0 aliphatic rings. The first-order valence-electron chi connectivity index (χ1n) is 11.1. The van der Waals surface area contributed by atoms with Gasteiger partial charge < -0.3 is 15.4 Å². The molecule has 0 saturated heterocycles. The predicted octanol–water partition coefficient (Wildman–Crippen LogP) is 4.19. The highest BCUT2D eigenvalue weighted by molar-refractivity contribution is 5.89. The molecular formula is C24H38N2O3. The fourth-order valence-corrected chi connectivity index (χ4v) is 3.30. The van der Waals surface area contributed by atoms with Crippen LogP contribution in [0.3, 0.4) is 0 Å². The number of amides is 2. The quantitative estimate of drug-likeness (QED) is 0.341. The van der Waals surface area contributed by atoms with E-state index < -0.39 is 12.1 Å². The molecule has 0 aromatic heterocycles. The Kier molecular flexibility index (Phi) is 12.7. The lowest BCUT2D eigenvalue weighted by atomic mass is 10.0. The highest BCUT2D eigenvalue weighted by Crippen LogP contribution is 2.10. The summed E-state index contributed by atoms with van der Waals surface area (Å²) in [5.74, 6) is -0.462. The molecule has 0 saturated carbocycles. The molecule has 162 valence electrons. The van der Waals surface area contributed by atoms with Crippen molar-refractivity contribution >= 4 is 18.1 Å². The van der Waals surface area contributed by atoms with Crippen LogP contribution in [0.5, 0.6) is 0 Å². The molecule has 2 N–H and O–H groups in total. The zero-order valence-electron chi connectivity index (χ0n) is 18.3. The monoisotopic (exact) mass is 402 g/mol. The van der Waals surface area contributed by atoms with Crippen LogP contribution < -0.4 is 10.6 Å². The van der Waals surface area contributed by atoms with E-state index in [-0.39, 0.29) is 17.7 Å². The second-order valence-corrected chi connectivity index (χ2v) is 8.10. The lowest BCUT2D eigenvalue weighted by molar-refractivity contribution is -0.131. The number of aldehydes is 1. The number of unbranched alkanes of at least 4 members (excludes halogenated alkanes) is 6. The fraction of sp³-hybridized carbons (Fsp3) is 0.625. The van der Waals surface area contributed by atoms with Crippen molar-refractivity contribution in [2.75, 3.05) is 0 Å². The molecule has 0 aliphatic carbocycles. The predicted molar refractivity (Wildman–Crippen MR) is 118 cm³/mol. The summed E-state index contributed by atoms with van der Waals surface area (Å²) >= 11 is 0. The molecule has 0 unspecified atom stereocenters. The molecule has 0 heterocycles. The summed E-state index contributed by atoms with van der Waals surface area (Å²) in [6.07, 6.45) is 9.66. The van der Waals surface area contributed by atoms with Crippen LogP contribution in [0.2, 0.25) is 0 Å². The number of rotatable bonds is 15. The van der Waals surface area contributed by atoms with Crippen LogP contribution in [0.15, 0.2) is 30.3 Å². The van der Waals surface area contributed by atoms with E-state index in [0.717, 1.165) is 31.1 Å². The standard InChI is InChI=1S/C24H38N2O3/c1-4-5-6-7-8-9-13-16-22(28)26-23(19(2)3)24(29)25-21(18-27)17-20-14-11-10-12-15-20/h10-12,14-15,18-19,21,23H,4-9,13,16-17H2,1-3H3,(H,25,29)(H,26,28)/t21-,23-/m0/s1. The van der Waals surface area contributed by atoms with Gasteiger partial charge in [0.25, 0.3) is 0 Å². The molecule has 0 aliphatic heterocycles. The van der Waals surface area contributed by atoms with Gasteiger partial charge in [-0.2, -0.15) is 0 Å². The maximum absolute atomic E-state index is 12.7. The lowest BCUT2D eigenvalue weighted by Crippen LogP contribution is -2.52. The van der Waals surface area contributed by atoms with E-state index in [1.807, 2.05) is 44.2 Å². The third-order valence-electron chi connectivity index (χ3n) is 5.06. The van der Waals surface area contributed by atoms with Crippen LogP contribution in [-0.4, -0.2) is 30.2 Å². The van der Waals surface area contributed by atoms with E-state index in [1.165, 1.54) is 25.7 Å². The lowest BCUT2D eigenvalue weighted by Gasteiger charge is -2.23. The van der Waals surface area contributed by atoms with Crippen LogP contribution in [-0.2, 0) is 20.8 Å². The van der Waals surface area contributed by atoms with Gasteiger partial charge in [-0.25, -0.2) is 0 Å². The van der Waals surface area contributed by atoms with E-state index in [1.54, 1.807) is 0 Å². The molecule has 5 nitrogen and oxygen atoms in total. The van der Waals surface area contributed by atoms with E-state index in [9.17, 15) is 14.4 Å². The van der Waals surface area contributed by atoms with Crippen LogP contribution in [0.1, 0.15) is 77.7 Å². The summed E-state index contributed by atoms with van der Waals surface area (Å²) in [7, 11) is 0. The molecule has 2 atom stereocenters. The highest BCUT2D eigenvalue weighted by atomic mass is 16.2. The molecular weight excluding hydrogens is 364 g/mol. The second kappa shape index (κ2) is 14.8.